The molecule has 118 valence electrons. The van der Waals surface area contributed by atoms with Crippen molar-refractivity contribution >= 4 is 11.8 Å². The van der Waals surface area contributed by atoms with Crippen molar-refractivity contribution in [2.45, 2.75) is 12.5 Å². The number of hydrogen-bond donors (Lipinski definition) is 0. The van der Waals surface area contributed by atoms with E-state index >= 15 is 0 Å². The summed E-state index contributed by atoms with van der Waals surface area (Å²) in [5.41, 5.74) is 0.667. The van der Waals surface area contributed by atoms with Crippen LogP contribution in [0, 0.1) is 11.7 Å². The van der Waals surface area contributed by atoms with Crippen LogP contribution in [0.4, 0.5) is 4.39 Å². The van der Waals surface area contributed by atoms with Gasteiger partial charge in [-0.15, -0.1) is 0 Å². The first-order valence-electron chi connectivity index (χ1n) is 7.45. The third-order valence-electron chi connectivity index (χ3n) is 4.42. The zero-order valence-electron chi connectivity index (χ0n) is 12.5. The summed E-state index contributed by atoms with van der Waals surface area (Å²) < 4.78 is 18.8. The predicted octanol–water partition coefficient (Wildman–Crippen LogP) is 1.20. The lowest BCUT2D eigenvalue weighted by atomic mass is 9.92. The van der Waals surface area contributed by atoms with Crippen LogP contribution in [0.25, 0.3) is 0 Å². The highest BCUT2D eigenvalue weighted by molar-refractivity contribution is 5.90. The molecule has 0 saturated carbocycles. The minimum Gasteiger partial charge on any atom is -0.378 e. The number of halogens is 1. The smallest absolute Gasteiger partial charge is 0.228 e. The lowest BCUT2D eigenvalue weighted by Crippen LogP contribution is -2.44. The first-order chi connectivity index (χ1) is 10.6. The molecule has 2 aliphatic heterocycles. The number of nitrogens with zero attached hydrogens (tertiary/aromatic N) is 2. The third kappa shape index (κ3) is 2.70. The number of likely N-dealkylation sites (tertiary alicyclic amines) is 1. The minimum absolute atomic E-state index is 0.0461. The molecule has 0 N–H and O–H groups in total. The van der Waals surface area contributed by atoms with Crippen molar-refractivity contribution in [3.8, 4) is 0 Å². The zero-order chi connectivity index (χ0) is 15.7. The fraction of sp³-hybridized carbons (Fsp3) is 0.500. The van der Waals surface area contributed by atoms with E-state index in [9.17, 15) is 14.0 Å². The second-order valence-electron chi connectivity index (χ2n) is 5.75. The largest absolute Gasteiger partial charge is 0.378 e. The Kier molecular flexibility index (Phi) is 4.11. The summed E-state index contributed by atoms with van der Waals surface area (Å²) in [5.74, 6) is -0.948. The Bertz CT molecular complexity index is 587. The molecule has 3 rings (SSSR count). The maximum atomic E-state index is 13.5. The summed E-state index contributed by atoms with van der Waals surface area (Å²) in [4.78, 5) is 28.1. The first kappa shape index (κ1) is 15.0. The van der Waals surface area contributed by atoms with E-state index < -0.39 is 12.0 Å². The van der Waals surface area contributed by atoms with Crippen molar-refractivity contribution in [2.75, 3.05) is 33.4 Å². The number of carbonyl (C=O) groups is 2. The van der Waals surface area contributed by atoms with E-state index in [1.165, 1.54) is 12.1 Å². The van der Waals surface area contributed by atoms with E-state index in [2.05, 4.69) is 0 Å². The van der Waals surface area contributed by atoms with Gasteiger partial charge in [0.15, 0.2) is 0 Å². The molecule has 22 heavy (non-hydrogen) atoms. The molecule has 2 atom stereocenters. The summed E-state index contributed by atoms with van der Waals surface area (Å²) in [6.07, 6.45) is 0.174. The van der Waals surface area contributed by atoms with Crippen molar-refractivity contribution in [1.82, 2.24) is 9.80 Å². The Labute approximate surface area is 128 Å². The van der Waals surface area contributed by atoms with Gasteiger partial charge >= 0.3 is 0 Å². The average molecular weight is 306 g/mol. The van der Waals surface area contributed by atoms with Crippen molar-refractivity contribution in [3.05, 3.63) is 35.6 Å². The van der Waals surface area contributed by atoms with Gasteiger partial charge in [0.05, 0.1) is 25.2 Å². The van der Waals surface area contributed by atoms with E-state index in [0.29, 0.717) is 31.9 Å². The number of morpholine rings is 1. The number of benzene rings is 1. The number of hydrogen-bond acceptors (Lipinski definition) is 3. The molecule has 6 heteroatoms. The summed E-state index contributed by atoms with van der Waals surface area (Å²) in [6.45, 7) is 2.13. The number of amides is 2. The third-order valence-corrected chi connectivity index (χ3v) is 4.42. The van der Waals surface area contributed by atoms with Gasteiger partial charge in [0.2, 0.25) is 11.8 Å². The molecule has 0 aliphatic carbocycles. The van der Waals surface area contributed by atoms with Crippen molar-refractivity contribution in [3.63, 3.8) is 0 Å². The number of ether oxygens (including phenoxy) is 1. The van der Waals surface area contributed by atoms with Crippen LogP contribution in [-0.4, -0.2) is 55.0 Å². The van der Waals surface area contributed by atoms with Crippen LogP contribution in [0.2, 0.25) is 0 Å². The maximum Gasteiger partial charge on any atom is 0.228 e. The van der Waals surface area contributed by atoms with Crippen LogP contribution >= 0.6 is 0 Å². The molecule has 2 aliphatic rings. The Morgan fingerprint density at radius 3 is 2.73 bits per heavy atom. The molecule has 2 heterocycles. The van der Waals surface area contributed by atoms with Gasteiger partial charge in [-0.1, -0.05) is 12.1 Å². The monoisotopic (exact) mass is 306 g/mol. The highest BCUT2D eigenvalue weighted by atomic mass is 19.1. The fourth-order valence-corrected chi connectivity index (χ4v) is 3.26. The normalized spacial score (nSPS) is 25.6. The van der Waals surface area contributed by atoms with Gasteiger partial charge in [-0.25, -0.2) is 4.39 Å². The van der Waals surface area contributed by atoms with E-state index in [4.69, 9.17) is 4.74 Å². The Hall–Kier alpha value is -1.95. The summed E-state index contributed by atoms with van der Waals surface area (Å²) in [6, 6.07) is 5.73. The molecule has 1 aromatic carbocycles. The molecule has 0 aromatic heterocycles. The van der Waals surface area contributed by atoms with Gasteiger partial charge in [0, 0.05) is 26.6 Å². The molecule has 2 saturated heterocycles. The fourth-order valence-electron chi connectivity index (χ4n) is 3.26. The molecular weight excluding hydrogens is 287 g/mol. The zero-order valence-corrected chi connectivity index (χ0v) is 12.5. The van der Waals surface area contributed by atoms with E-state index in [1.54, 1.807) is 29.0 Å². The topological polar surface area (TPSA) is 49.9 Å². The Morgan fingerprint density at radius 1 is 1.32 bits per heavy atom. The van der Waals surface area contributed by atoms with Crippen LogP contribution in [-0.2, 0) is 14.3 Å². The molecule has 2 amide bonds. The molecule has 0 radical (unpaired) electrons. The Balaban J connectivity index is 1.87. The second-order valence-corrected chi connectivity index (χ2v) is 5.75. The maximum absolute atomic E-state index is 13.5. The number of carbonyl (C=O) groups excluding carboxylic acids is 2. The van der Waals surface area contributed by atoms with Gasteiger partial charge in [0.25, 0.3) is 0 Å². The van der Waals surface area contributed by atoms with E-state index in [0.717, 1.165) is 0 Å². The average Bonchev–Trinajstić information content (AvgIpc) is 2.83. The van der Waals surface area contributed by atoms with Crippen molar-refractivity contribution < 1.29 is 18.7 Å². The number of rotatable bonds is 2. The van der Waals surface area contributed by atoms with E-state index in [1.807, 2.05) is 0 Å². The van der Waals surface area contributed by atoms with Gasteiger partial charge in [-0.3, -0.25) is 9.59 Å². The Morgan fingerprint density at radius 2 is 2.05 bits per heavy atom. The van der Waals surface area contributed by atoms with Gasteiger partial charge in [-0.05, 0) is 17.7 Å². The quantitative estimate of drug-likeness (QED) is 0.825. The highest BCUT2D eigenvalue weighted by Gasteiger charge is 2.44. The van der Waals surface area contributed by atoms with Crippen molar-refractivity contribution in [2.24, 2.45) is 5.92 Å². The molecule has 1 aromatic rings. The molecule has 0 bridgehead atoms. The molecule has 0 unspecified atom stereocenters. The summed E-state index contributed by atoms with van der Waals surface area (Å²) in [5, 5.41) is 0. The summed E-state index contributed by atoms with van der Waals surface area (Å²) in [7, 11) is 1.67. The minimum atomic E-state index is -0.461. The predicted molar refractivity (Wildman–Crippen MR) is 77.4 cm³/mol. The van der Waals surface area contributed by atoms with Crippen molar-refractivity contribution in [1.29, 1.82) is 0 Å². The molecule has 2 fully saturated rings. The highest BCUT2D eigenvalue weighted by Crippen LogP contribution is 2.38. The lowest BCUT2D eigenvalue weighted by Gasteiger charge is -2.32. The van der Waals surface area contributed by atoms with Crippen LogP contribution < -0.4 is 0 Å². The SMILES string of the molecule is CN1C(=O)C[C@H](C(=O)N2CCOCC2)[C@H]1c1cccc(F)c1. The molecule has 0 spiro atoms. The van der Waals surface area contributed by atoms with Gasteiger partial charge in [-0.2, -0.15) is 0 Å². The van der Waals surface area contributed by atoms with Crippen LogP contribution in [0.15, 0.2) is 24.3 Å². The second kappa shape index (κ2) is 6.04. The molecular formula is C16H19FN2O3. The van der Waals surface area contributed by atoms with Crippen LogP contribution in [0.5, 0.6) is 0 Å². The van der Waals surface area contributed by atoms with E-state index in [-0.39, 0.29) is 24.1 Å². The van der Waals surface area contributed by atoms with Crippen LogP contribution in [0.3, 0.4) is 0 Å². The standard InChI is InChI=1S/C16H19FN2O3/c1-18-14(20)10-13(16(21)19-5-7-22-8-6-19)15(18)11-3-2-4-12(17)9-11/h2-4,9,13,15H,5-8,10H2,1H3/t13-,15+/m0/s1. The summed E-state index contributed by atoms with van der Waals surface area (Å²) >= 11 is 0. The first-order valence-corrected chi connectivity index (χ1v) is 7.45. The van der Waals surface area contributed by atoms with Crippen LogP contribution in [0.1, 0.15) is 18.0 Å². The lowest BCUT2D eigenvalue weighted by molar-refractivity contribution is -0.140. The van der Waals surface area contributed by atoms with Gasteiger partial charge in [0.1, 0.15) is 5.82 Å². The van der Waals surface area contributed by atoms with Gasteiger partial charge < -0.3 is 14.5 Å². The molecule has 5 nitrogen and oxygen atoms in total.